The summed E-state index contributed by atoms with van der Waals surface area (Å²) in [6.07, 6.45) is 0.333. The van der Waals surface area contributed by atoms with E-state index in [0.29, 0.717) is 18.3 Å². The van der Waals surface area contributed by atoms with E-state index in [-0.39, 0.29) is 6.54 Å². The SMILES string of the molecule is CC(C)(C)OC(=O)NCc1noc(-c2c3ccccc3nn2CCc2cccs2)n1. The van der Waals surface area contributed by atoms with Crippen molar-refractivity contribution in [1.29, 1.82) is 0 Å². The first-order valence-electron chi connectivity index (χ1n) is 9.67. The van der Waals surface area contributed by atoms with Crippen molar-refractivity contribution < 1.29 is 14.1 Å². The van der Waals surface area contributed by atoms with Crippen molar-refractivity contribution in [2.45, 2.75) is 45.9 Å². The van der Waals surface area contributed by atoms with Crippen LogP contribution in [0.15, 0.2) is 46.3 Å². The highest BCUT2D eigenvalue weighted by Gasteiger charge is 2.20. The largest absolute Gasteiger partial charge is 0.444 e. The summed E-state index contributed by atoms with van der Waals surface area (Å²) < 4.78 is 12.7. The summed E-state index contributed by atoms with van der Waals surface area (Å²) in [6.45, 7) is 6.22. The third kappa shape index (κ3) is 4.68. The van der Waals surface area contributed by atoms with Crippen molar-refractivity contribution in [3.63, 3.8) is 0 Å². The van der Waals surface area contributed by atoms with Crippen LogP contribution in [0.1, 0.15) is 31.5 Å². The summed E-state index contributed by atoms with van der Waals surface area (Å²) in [6, 6.07) is 12.0. The molecule has 3 aromatic heterocycles. The van der Waals surface area contributed by atoms with Gasteiger partial charge in [0, 0.05) is 23.2 Å². The Morgan fingerprint density at radius 2 is 2.07 bits per heavy atom. The van der Waals surface area contributed by atoms with Crippen molar-refractivity contribution in [3.8, 4) is 11.6 Å². The Bertz CT molecular complexity index is 1140. The number of carbonyl (C=O) groups is 1. The van der Waals surface area contributed by atoms with Crippen LogP contribution in [0.5, 0.6) is 0 Å². The predicted molar refractivity (Wildman–Crippen MR) is 114 cm³/mol. The van der Waals surface area contributed by atoms with Crippen LogP contribution in [0.2, 0.25) is 0 Å². The third-order valence-corrected chi connectivity index (χ3v) is 5.19. The number of fused-ring (bicyclic) bond motifs is 1. The number of hydrogen-bond acceptors (Lipinski definition) is 7. The Morgan fingerprint density at radius 1 is 1.23 bits per heavy atom. The fraction of sp³-hybridized carbons (Fsp3) is 0.333. The van der Waals surface area contributed by atoms with Crippen molar-refractivity contribution in [1.82, 2.24) is 25.2 Å². The number of aromatic nitrogens is 4. The fourth-order valence-corrected chi connectivity index (χ4v) is 3.72. The van der Waals surface area contributed by atoms with Gasteiger partial charge < -0.3 is 14.6 Å². The van der Waals surface area contributed by atoms with E-state index in [1.54, 1.807) is 11.3 Å². The number of nitrogens with zero attached hydrogens (tertiary/aromatic N) is 4. The summed E-state index contributed by atoms with van der Waals surface area (Å²) in [5.74, 6) is 0.738. The van der Waals surface area contributed by atoms with Crippen LogP contribution >= 0.6 is 11.3 Å². The first-order valence-corrected chi connectivity index (χ1v) is 10.5. The average Bonchev–Trinajstić information content (AvgIpc) is 3.42. The van der Waals surface area contributed by atoms with Crippen LogP contribution in [-0.2, 0) is 24.2 Å². The lowest BCUT2D eigenvalue weighted by Crippen LogP contribution is -2.32. The molecular formula is C21H23N5O3S. The molecule has 0 aliphatic rings. The minimum Gasteiger partial charge on any atom is -0.444 e. The molecule has 4 rings (SSSR count). The number of benzene rings is 1. The maximum Gasteiger partial charge on any atom is 0.408 e. The number of ether oxygens (including phenoxy) is 1. The quantitative estimate of drug-likeness (QED) is 0.491. The molecule has 1 amide bonds. The Hall–Kier alpha value is -3.20. The molecule has 4 aromatic rings. The standard InChI is InChI=1S/C21H23N5O3S/c1-21(2,3)28-20(27)22-13-17-23-19(29-25-17)18-15-8-4-5-9-16(15)24-26(18)11-10-14-7-6-12-30-14/h4-9,12H,10-11,13H2,1-3H3,(H,22,27). The zero-order valence-corrected chi connectivity index (χ0v) is 17.9. The number of aryl methyl sites for hydroxylation is 2. The van der Waals surface area contributed by atoms with E-state index in [9.17, 15) is 4.79 Å². The molecule has 0 radical (unpaired) electrons. The molecule has 0 aliphatic carbocycles. The number of nitrogens with one attached hydrogen (secondary N) is 1. The molecule has 30 heavy (non-hydrogen) atoms. The molecule has 0 spiro atoms. The maximum atomic E-state index is 11.9. The van der Waals surface area contributed by atoms with Crippen LogP contribution in [0, 0.1) is 0 Å². The van der Waals surface area contributed by atoms with Crippen LogP contribution < -0.4 is 5.32 Å². The Labute approximate surface area is 177 Å². The number of alkyl carbamates (subject to hydrolysis) is 1. The van der Waals surface area contributed by atoms with Gasteiger partial charge in [-0.15, -0.1) is 11.3 Å². The molecule has 0 saturated heterocycles. The van der Waals surface area contributed by atoms with E-state index in [1.807, 2.05) is 55.8 Å². The van der Waals surface area contributed by atoms with Crippen molar-refractivity contribution in [2.75, 3.05) is 0 Å². The Kier molecular flexibility index (Phi) is 5.54. The van der Waals surface area contributed by atoms with Gasteiger partial charge in [-0.3, -0.25) is 4.68 Å². The van der Waals surface area contributed by atoms with Gasteiger partial charge >= 0.3 is 6.09 Å². The number of amides is 1. The van der Waals surface area contributed by atoms with E-state index in [0.717, 1.165) is 23.0 Å². The zero-order valence-electron chi connectivity index (χ0n) is 17.1. The molecule has 0 aliphatic heterocycles. The molecule has 1 N–H and O–H groups in total. The van der Waals surface area contributed by atoms with Gasteiger partial charge in [-0.2, -0.15) is 10.1 Å². The molecule has 156 valence electrons. The molecule has 1 aromatic carbocycles. The fourth-order valence-electron chi connectivity index (χ4n) is 3.03. The molecular weight excluding hydrogens is 402 g/mol. The second-order valence-corrected chi connectivity index (χ2v) is 8.82. The van der Waals surface area contributed by atoms with Gasteiger partial charge in [0.1, 0.15) is 11.3 Å². The van der Waals surface area contributed by atoms with Crippen LogP contribution in [0.3, 0.4) is 0 Å². The lowest BCUT2D eigenvalue weighted by molar-refractivity contribution is 0.0522. The Balaban J connectivity index is 1.55. The second kappa shape index (κ2) is 8.27. The third-order valence-electron chi connectivity index (χ3n) is 4.26. The van der Waals surface area contributed by atoms with Crippen molar-refractivity contribution in [2.24, 2.45) is 0 Å². The van der Waals surface area contributed by atoms with Gasteiger partial charge in [-0.1, -0.05) is 29.4 Å². The minimum absolute atomic E-state index is 0.111. The predicted octanol–water partition coefficient (Wildman–Crippen LogP) is 4.42. The van der Waals surface area contributed by atoms with Crippen LogP contribution in [0.25, 0.3) is 22.5 Å². The summed E-state index contributed by atoms with van der Waals surface area (Å²) in [5.41, 5.74) is 1.07. The van der Waals surface area contributed by atoms with Gasteiger partial charge in [-0.25, -0.2) is 4.79 Å². The van der Waals surface area contributed by atoms with E-state index < -0.39 is 11.7 Å². The molecule has 0 unspecified atom stereocenters. The lowest BCUT2D eigenvalue weighted by Gasteiger charge is -2.19. The summed E-state index contributed by atoms with van der Waals surface area (Å²) >= 11 is 1.72. The Morgan fingerprint density at radius 3 is 2.83 bits per heavy atom. The molecule has 0 saturated carbocycles. The molecule has 9 heteroatoms. The highest BCUT2D eigenvalue weighted by atomic mass is 32.1. The van der Waals surface area contributed by atoms with Crippen LogP contribution in [0.4, 0.5) is 4.79 Å². The molecule has 3 heterocycles. The summed E-state index contributed by atoms with van der Waals surface area (Å²) in [4.78, 5) is 17.6. The topological polar surface area (TPSA) is 95.1 Å². The number of hydrogen-bond donors (Lipinski definition) is 1. The highest BCUT2D eigenvalue weighted by molar-refractivity contribution is 7.09. The van der Waals surface area contributed by atoms with Crippen LogP contribution in [-0.4, -0.2) is 31.6 Å². The maximum absolute atomic E-state index is 11.9. The number of thiophene rings is 1. The van der Waals surface area contributed by atoms with Crippen molar-refractivity contribution >= 4 is 28.3 Å². The monoisotopic (exact) mass is 425 g/mol. The minimum atomic E-state index is -0.569. The molecule has 0 fully saturated rings. The zero-order chi connectivity index (χ0) is 21.1. The van der Waals surface area contributed by atoms with E-state index >= 15 is 0 Å². The highest BCUT2D eigenvalue weighted by Crippen LogP contribution is 2.28. The van der Waals surface area contributed by atoms with E-state index in [2.05, 4.69) is 26.9 Å². The van der Waals surface area contributed by atoms with Gasteiger partial charge in [0.15, 0.2) is 5.82 Å². The lowest BCUT2D eigenvalue weighted by atomic mass is 10.2. The first-order chi connectivity index (χ1) is 14.4. The normalized spacial score (nSPS) is 11.7. The smallest absolute Gasteiger partial charge is 0.408 e. The second-order valence-electron chi connectivity index (χ2n) is 7.79. The summed E-state index contributed by atoms with van der Waals surface area (Å²) in [7, 11) is 0. The van der Waals surface area contributed by atoms with Crippen molar-refractivity contribution in [3.05, 3.63) is 52.5 Å². The molecule has 0 atom stereocenters. The van der Waals surface area contributed by atoms with Gasteiger partial charge in [0.05, 0.1) is 12.1 Å². The van der Waals surface area contributed by atoms with Gasteiger partial charge in [0.25, 0.3) is 5.89 Å². The van der Waals surface area contributed by atoms with Gasteiger partial charge in [0.2, 0.25) is 0 Å². The van der Waals surface area contributed by atoms with E-state index in [1.165, 1.54) is 4.88 Å². The molecule has 0 bridgehead atoms. The van der Waals surface area contributed by atoms with E-state index in [4.69, 9.17) is 14.4 Å². The molecule has 8 nitrogen and oxygen atoms in total. The first kappa shape index (κ1) is 20.1. The average molecular weight is 426 g/mol. The summed E-state index contributed by atoms with van der Waals surface area (Å²) in [5, 5.41) is 14.4. The van der Waals surface area contributed by atoms with Gasteiger partial charge in [-0.05, 0) is 38.3 Å². The number of carbonyl (C=O) groups excluding carboxylic acids is 1. The number of rotatable bonds is 6.